The van der Waals surface area contributed by atoms with E-state index >= 15 is 0 Å². The summed E-state index contributed by atoms with van der Waals surface area (Å²) in [6, 6.07) is 17.8. The highest BCUT2D eigenvalue weighted by Gasteiger charge is 2.20. The van der Waals surface area contributed by atoms with E-state index in [1.165, 1.54) is 0 Å². The third-order valence-corrected chi connectivity index (χ3v) is 5.36. The minimum atomic E-state index is 0.240. The van der Waals surface area contributed by atoms with Gasteiger partial charge in [-0.2, -0.15) is 0 Å². The van der Waals surface area contributed by atoms with Crippen molar-refractivity contribution in [1.29, 1.82) is 0 Å². The van der Waals surface area contributed by atoms with Gasteiger partial charge in [0.2, 0.25) is 13.6 Å². The summed E-state index contributed by atoms with van der Waals surface area (Å²) in [5.41, 5.74) is 3.93. The summed E-state index contributed by atoms with van der Waals surface area (Å²) in [5.74, 6) is 4.63. The number of fused-ring (bicyclic) bond motifs is 3. The standard InChI is InChI=1S/C23H18N2O5/c1-26-16-4-5-18-17(10-16)24-23(15-3-7-20-22(9-15)30-13-28-20)25(18)11-14-2-6-19-21(8-14)29-12-27-19/h2-10H,11-13H2,1H3. The highest BCUT2D eigenvalue weighted by molar-refractivity contribution is 5.82. The van der Waals surface area contributed by atoms with Crippen LogP contribution in [0.25, 0.3) is 22.4 Å². The maximum atomic E-state index is 5.57. The molecule has 1 aromatic heterocycles. The normalized spacial score (nSPS) is 13.8. The Morgan fingerprint density at radius 1 is 0.833 bits per heavy atom. The Kier molecular flexibility index (Phi) is 3.74. The number of rotatable bonds is 4. The van der Waals surface area contributed by atoms with Crippen molar-refractivity contribution >= 4 is 11.0 Å². The van der Waals surface area contributed by atoms with Crippen LogP contribution in [0.5, 0.6) is 28.7 Å². The van der Waals surface area contributed by atoms with E-state index < -0.39 is 0 Å². The molecule has 2 aliphatic rings. The van der Waals surface area contributed by atoms with Gasteiger partial charge in [0.15, 0.2) is 23.0 Å². The van der Waals surface area contributed by atoms with Gasteiger partial charge in [-0.25, -0.2) is 4.98 Å². The molecule has 0 spiro atoms. The first-order chi connectivity index (χ1) is 14.8. The summed E-state index contributed by atoms with van der Waals surface area (Å²) in [5, 5.41) is 0. The average molecular weight is 402 g/mol. The Morgan fingerprint density at radius 2 is 1.57 bits per heavy atom. The highest BCUT2D eigenvalue weighted by Crippen LogP contribution is 2.38. The number of ether oxygens (including phenoxy) is 5. The third kappa shape index (κ3) is 2.70. The monoisotopic (exact) mass is 402 g/mol. The first-order valence-corrected chi connectivity index (χ1v) is 9.61. The predicted octanol–water partition coefficient (Wildman–Crippen LogP) is 4.22. The Labute approximate surface area is 172 Å². The molecule has 150 valence electrons. The van der Waals surface area contributed by atoms with Crippen LogP contribution in [0.15, 0.2) is 54.6 Å². The maximum absolute atomic E-state index is 5.57. The van der Waals surface area contributed by atoms with Crippen LogP contribution in [0, 0.1) is 0 Å². The second-order valence-corrected chi connectivity index (χ2v) is 7.13. The highest BCUT2D eigenvalue weighted by atomic mass is 16.7. The number of methoxy groups -OCH3 is 1. The lowest BCUT2D eigenvalue weighted by Crippen LogP contribution is -2.02. The van der Waals surface area contributed by atoms with Gasteiger partial charge < -0.3 is 28.3 Å². The van der Waals surface area contributed by atoms with Crippen LogP contribution in [0.2, 0.25) is 0 Å². The van der Waals surface area contributed by atoms with Crippen molar-refractivity contribution in [3.05, 3.63) is 60.2 Å². The summed E-state index contributed by atoms with van der Waals surface area (Å²) in [7, 11) is 1.66. The number of imidazole rings is 1. The summed E-state index contributed by atoms with van der Waals surface area (Å²) in [4.78, 5) is 4.92. The molecule has 7 heteroatoms. The van der Waals surface area contributed by atoms with E-state index in [1.807, 2.05) is 54.6 Å². The topological polar surface area (TPSA) is 64.0 Å². The minimum Gasteiger partial charge on any atom is -0.497 e. The zero-order valence-electron chi connectivity index (χ0n) is 16.3. The van der Waals surface area contributed by atoms with Gasteiger partial charge in [-0.3, -0.25) is 0 Å². The van der Waals surface area contributed by atoms with E-state index in [9.17, 15) is 0 Å². The van der Waals surface area contributed by atoms with Gasteiger partial charge in [-0.1, -0.05) is 6.07 Å². The first kappa shape index (κ1) is 17.0. The molecule has 0 saturated heterocycles. The average Bonchev–Trinajstić information content (AvgIpc) is 3.51. The van der Waals surface area contributed by atoms with Gasteiger partial charge in [-0.15, -0.1) is 0 Å². The van der Waals surface area contributed by atoms with Crippen LogP contribution in [-0.2, 0) is 6.54 Å². The molecule has 0 fully saturated rings. The summed E-state index contributed by atoms with van der Waals surface area (Å²) >= 11 is 0. The largest absolute Gasteiger partial charge is 0.497 e. The molecular weight excluding hydrogens is 384 g/mol. The minimum absolute atomic E-state index is 0.240. The molecule has 0 bridgehead atoms. The second-order valence-electron chi connectivity index (χ2n) is 7.13. The molecule has 0 atom stereocenters. The number of nitrogens with zero attached hydrogens (tertiary/aromatic N) is 2. The molecule has 6 rings (SSSR count). The van der Waals surface area contributed by atoms with Crippen LogP contribution >= 0.6 is 0 Å². The van der Waals surface area contributed by atoms with E-state index in [0.29, 0.717) is 6.54 Å². The summed E-state index contributed by atoms with van der Waals surface area (Å²) in [6.07, 6.45) is 0. The zero-order chi connectivity index (χ0) is 20.1. The first-order valence-electron chi connectivity index (χ1n) is 9.61. The lowest BCUT2D eigenvalue weighted by molar-refractivity contribution is 0.173. The van der Waals surface area contributed by atoms with E-state index in [1.54, 1.807) is 7.11 Å². The lowest BCUT2D eigenvalue weighted by Gasteiger charge is -2.11. The van der Waals surface area contributed by atoms with E-state index in [4.69, 9.17) is 28.7 Å². The van der Waals surface area contributed by atoms with Crippen LogP contribution < -0.4 is 23.7 Å². The fourth-order valence-electron chi connectivity index (χ4n) is 3.87. The summed E-state index contributed by atoms with van der Waals surface area (Å²) < 4.78 is 29.6. The number of hydrogen-bond donors (Lipinski definition) is 0. The van der Waals surface area contributed by atoms with Gasteiger partial charge in [0, 0.05) is 18.2 Å². The van der Waals surface area contributed by atoms with Crippen molar-refractivity contribution < 1.29 is 23.7 Å². The van der Waals surface area contributed by atoms with E-state index in [2.05, 4.69) is 4.57 Å². The molecule has 0 aliphatic carbocycles. The van der Waals surface area contributed by atoms with Crippen molar-refractivity contribution in [1.82, 2.24) is 9.55 Å². The molecule has 2 aliphatic heterocycles. The molecule has 0 N–H and O–H groups in total. The smallest absolute Gasteiger partial charge is 0.231 e. The Bertz CT molecular complexity index is 1280. The van der Waals surface area contributed by atoms with Crippen LogP contribution in [0.3, 0.4) is 0 Å². The number of aromatic nitrogens is 2. The van der Waals surface area contributed by atoms with Gasteiger partial charge in [0.05, 0.1) is 18.1 Å². The van der Waals surface area contributed by atoms with Crippen molar-refractivity contribution in [2.75, 3.05) is 20.7 Å². The number of benzene rings is 3. The molecular formula is C23H18N2O5. The van der Waals surface area contributed by atoms with Crippen molar-refractivity contribution in [3.8, 4) is 40.1 Å². The lowest BCUT2D eigenvalue weighted by atomic mass is 10.1. The molecule has 3 aromatic carbocycles. The fourth-order valence-corrected chi connectivity index (χ4v) is 3.87. The Morgan fingerprint density at radius 3 is 2.37 bits per heavy atom. The second kappa shape index (κ2) is 6.59. The van der Waals surface area contributed by atoms with E-state index in [0.717, 1.165) is 56.7 Å². The third-order valence-electron chi connectivity index (χ3n) is 5.36. The quantitative estimate of drug-likeness (QED) is 0.509. The van der Waals surface area contributed by atoms with Crippen molar-refractivity contribution in [2.45, 2.75) is 6.54 Å². The van der Waals surface area contributed by atoms with Gasteiger partial charge in [-0.05, 0) is 48.0 Å². The molecule has 0 amide bonds. The van der Waals surface area contributed by atoms with Gasteiger partial charge in [0.1, 0.15) is 11.6 Å². The van der Waals surface area contributed by atoms with Gasteiger partial charge >= 0.3 is 0 Å². The van der Waals surface area contributed by atoms with E-state index in [-0.39, 0.29) is 13.6 Å². The molecule has 0 saturated carbocycles. The SMILES string of the molecule is COc1ccc2c(c1)nc(-c1ccc3c(c1)OCO3)n2Cc1ccc2c(c1)OCO2. The van der Waals surface area contributed by atoms with Crippen LogP contribution in [0.1, 0.15) is 5.56 Å². The van der Waals surface area contributed by atoms with Crippen LogP contribution in [-0.4, -0.2) is 30.2 Å². The Hall–Kier alpha value is -3.87. The molecule has 0 unspecified atom stereocenters. The summed E-state index contributed by atoms with van der Waals surface area (Å²) in [6.45, 7) is 1.13. The van der Waals surface area contributed by atoms with Crippen LogP contribution in [0.4, 0.5) is 0 Å². The number of hydrogen-bond acceptors (Lipinski definition) is 6. The van der Waals surface area contributed by atoms with Gasteiger partial charge in [0.25, 0.3) is 0 Å². The predicted molar refractivity (Wildman–Crippen MR) is 110 cm³/mol. The zero-order valence-corrected chi connectivity index (χ0v) is 16.3. The molecule has 4 aromatic rings. The fraction of sp³-hybridized carbons (Fsp3) is 0.174. The molecule has 0 radical (unpaired) electrons. The van der Waals surface area contributed by atoms with Crippen molar-refractivity contribution in [2.24, 2.45) is 0 Å². The molecule has 30 heavy (non-hydrogen) atoms. The molecule has 7 nitrogen and oxygen atoms in total. The maximum Gasteiger partial charge on any atom is 0.231 e. The van der Waals surface area contributed by atoms with Crippen molar-refractivity contribution in [3.63, 3.8) is 0 Å². The Balaban J connectivity index is 1.49. The molecule has 3 heterocycles.